The molecule has 3 aromatic heterocycles. The van der Waals surface area contributed by atoms with Crippen LogP contribution in [0.4, 0.5) is 0 Å². The highest BCUT2D eigenvalue weighted by molar-refractivity contribution is 7.26. The minimum absolute atomic E-state index is 0.0285. The van der Waals surface area contributed by atoms with Crippen LogP contribution in [-0.2, 0) is 6.42 Å². The summed E-state index contributed by atoms with van der Waals surface area (Å²) in [6.07, 6.45) is 2.76. The van der Waals surface area contributed by atoms with E-state index in [9.17, 15) is 0 Å². The molecule has 2 unspecified atom stereocenters. The average molecular weight is 933 g/mol. The van der Waals surface area contributed by atoms with Gasteiger partial charge in [-0.2, -0.15) is 0 Å². The van der Waals surface area contributed by atoms with E-state index in [1.54, 1.807) is 0 Å². The predicted octanol–water partition coefficient (Wildman–Crippen LogP) is 18.4. The summed E-state index contributed by atoms with van der Waals surface area (Å²) in [5, 5.41) is 12.6. The molecule has 13 aromatic rings. The smallest absolute Gasteiger partial charge is 0.155 e. The Kier molecular flexibility index (Phi) is 9.00. The molecule has 3 nitrogen and oxygen atoms in total. The van der Waals surface area contributed by atoms with Gasteiger partial charge < -0.3 is 4.42 Å². The van der Waals surface area contributed by atoms with Crippen molar-refractivity contribution < 1.29 is 4.42 Å². The summed E-state index contributed by atoms with van der Waals surface area (Å²) in [5.41, 5.74) is 13.0. The van der Waals surface area contributed by atoms with Gasteiger partial charge in [0.2, 0.25) is 0 Å². The maximum Gasteiger partial charge on any atom is 0.155 e. The van der Waals surface area contributed by atoms with Crippen molar-refractivity contribution in [3.05, 3.63) is 228 Å². The molecule has 0 saturated heterocycles. The molecule has 332 valence electrons. The number of para-hydroxylation sites is 1. The first-order valence-electron chi connectivity index (χ1n) is 24.6. The van der Waals surface area contributed by atoms with Crippen LogP contribution < -0.4 is 0 Å². The lowest BCUT2D eigenvalue weighted by atomic mass is 9.80. The number of thiophene rings is 2. The summed E-state index contributed by atoms with van der Waals surface area (Å²) in [6.45, 7) is 2.32. The van der Waals surface area contributed by atoms with Gasteiger partial charge in [0.15, 0.2) is 5.84 Å². The highest BCUT2D eigenvalue weighted by Gasteiger charge is 2.36. The third-order valence-corrected chi connectivity index (χ3v) is 17.8. The molecule has 4 heterocycles. The van der Waals surface area contributed by atoms with Gasteiger partial charge in [0.1, 0.15) is 11.2 Å². The Labute approximate surface area is 412 Å². The van der Waals surface area contributed by atoms with Crippen molar-refractivity contribution in [1.29, 1.82) is 0 Å². The van der Waals surface area contributed by atoms with Crippen molar-refractivity contribution in [3.63, 3.8) is 0 Å². The van der Waals surface area contributed by atoms with Crippen molar-refractivity contribution >= 4 is 118 Å². The van der Waals surface area contributed by atoms with Gasteiger partial charge >= 0.3 is 0 Å². The van der Waals surface area contributed by atoms with Gasteiger partial charge in [-0.15, -0.1) is 22.7 Å². The summed E-state index contributed by atoms with van der Waals surface area (Å²) < 4.78 is 12.2. The number of furan rings is 1. The van der Waals surface area contributed by atoms with E-state index in [1.807, 2.05) is 22.7 Å². The molecule has 15 rings (SSSR count). The van der Waals surface area contributed by atoms with Crippen LogP contribution in [0.2, 0.25) is 0 Å². The third-order valence-electron chi connectivity index (χ3n) is 15.5. The van der Waals surface area contributed by atoms with Crippen LogP contribution in [0.3, 0.4) is 0 Å². The van der Waals surface area contributed by atoms with Crippen LogP contribution in [0.15, 0.2) is 209 Å². The Morgan fingerprint density at radius 1 is 0.500 bits per heavy atom. The second-order valence-electron chi connectivity index (χ2n) is 19.2. The molecule has 0 amide bonds. The van der Waals surface area contributed by atoms with Gasteiger partial charge in [-0.3, -0.25) is 4.99 Å². The van der Waals surface area contributed by atoms with Gasteiger partial charge in [-0.25, -0.2) is 4.99 Å². The number of rotatable bonds is 5. The molecule has 0 fully saturated rings. The monoisotopic (exact) mass is 932 g/mol. The summed E-state index contributed by atoms with van der Waals surface area (Å²) in [7, 11) is 0. The maximum absolute atomic E-state index is 6.99. The van der Waals surface area contributed by atoms with Gasteiger partial charge in [-0.1, -0.05) is 153 Å². The van der Waals surface area contributed by atoms with Gasteiger partial charge in [0.25, 0.3) is 0 Å². The largest absolute Gasteiger partial charge is 0.456 e. The SMILES string of the molecule is CC[C@@H]1C(c2cccc3sc4ccccc4c23)=NC(c2cc(C3CCc4cc5ccccc5cc4-c4ccc5ccccc5c43)c3c(c2)oc2ccccc23)=NC1c1cccc2sc3ccccc3c12. The summed E-state index contributed by atoms with van der Waals surface area (Å²) in [6, 6.07) is 71.9. The van der Waals surface area contributed by atoms with E-state index in [2.05, 4.69) is 201 Å². The topological polar surface area (TPSA) is 37.9 Å². The fourth-order valence-corrected chi connectivity index (χ4v) is 14.7. The molecule has 0 saturated carbocycles. The summed E-state index contributed by atoms with van der Waals surface area (Å²) in [4.78, 5) is 11.8. The molecule has 0 N–H and O–H groups in total. The van der Waals surface area contributed by atoms with Crippen molar-refractivity contribution in [2.45, 2.75) is 38.1 Å². The summed E-state index contributed by atoms with van der Waals surface area (Å²) in [5.74, 6) is 0.826. The lowest BCUT2D eigenvalue weighted by Gasteiger charge is -2.31. The molecule has 3 atom stereocenters. The Morgan fingerprint density at radius 3 is 1.96 bits per heavy atom. The van der Waals surface area contributed by atoms with E-state index in [4.69, 9.17) is 14.4 Å². The fraction of sp³-hybridized carbons (Fsp3) is 0.108. The van der Waals surface area contributed by atoms with Crippen LogP contribution in [0.5, 0.6) is 0 Å². The molecular formula is C65H44N2OS2. The number of aryl methyl sites for hydroxylation is 1. The molecule has 70 heavy (non-hydrogen) atoms. The highest BCUT2D eigenvalue weighted by atomic mass is 32.1. The molecule has 10 aromatic carbocycles. The van der Waals surface area contributed by atoms with Crippen molar-refractivity contribution in [3.8, 4) is 11.1 Å². The third kappa shape index (κ3) is 6.04. The van der Waals surface area contributed by atoms with Crippen molar-refractivity contribution in [2.75, 3.05) is 0 Å². The first-order valence-corrected chi connectivity index (χ1v) is 26.2. The second kappa shape index (κ2) is 15.7. The molecule has 2 aliphatic rings. The first-order chi connectivity index (χ1) is 34.6. The Balaban J connectivity index is 1.02. The number of nitrogens with zero attached hydrogens (tertiary/aromatic N) is 2. The lowest BCUT2D eigenvalue weighted by Crippen LogP contribution is -2.28. The molecule has 0 radical (unpaired) electrons. The van der Waals surface area contributed by atoms with Crippen LogP contribution in [0, 0.1) is 5.92 Å². The molecule has 5 heteroatoms. The van der Waals surface area contributed by atoms with E-state index in [-0.39, 0.29) is 17.9 Å². The van der Waals surface area contributed by atoms with Crippen molar-refractivity contribution in [2.24, 2.45) is 15.9 Å². The minimum atomic E-state index is -0.185. The summed E-state index contributed by atoms with van der Waals surface area (Å²) >= 11 is 3.74. The second-order valence-corrected chi connectivity index (χ2v) is 21.4. The van der Waals surface area contributed by atoms with E-state index in [1.165, 1.54) is 106 Å². The van der Waals surface area contributed by atoms with E-state index in [0.29, 0.717) is 0 Å². The zero-order valence-corrected chi connectivity index (χ0v) is 40.1. The number of hydrogen-bond acceptors (Lipinski definition) is 5. The van der Waals surface area contributed by atoms with Crippen molar-refractivity contribution in [1.82, 2.24) is 0 Å². The molecule has 1 aliphatic carbocycles. The Morgan fingerprint density at radius 2 is 1.16 bits per heavy atom. The standard InChI is InChI=1S/C65H44N2OS2/c1-2-42-63(49-22-13-27-57-61(49)47-20-8-11-25-55(47)69-57)66-65(67-64(42)50-23-14-28-58-62(50)48-21-9-12-26-56(48)70-58)41-35-52(60-46-19-7-10-24-53(46)68-54(60)36-41)45-32-30-40-33-38-16-3-4-17-39(38)34-51(40)44-31-29-37-15-5-6-18-43(37)59(44)45/h3-29,31,33-36,42,45,63H,2,30,32H2,1H3/t42-,45?,63?/m0/s1. The molecule has 0 spiro atoms. The van der Waals surface area contributed by atoms with Crippen LogP contribution in [0.1, 0.15) is 65.1 Å². The van der Waals surface area contributed by atoms with Gasteiger partial charge in [0, 0.05) is 74.1 Å². The predicted molar refractivity (Wildman–Crippen MR) is 299 cm³/mol. The molecular weight excluding hydrogens is 889 g/mol. The first kappa shape index (κ1) is 40.2. The van der Waals surface area contributed by atoms with Crippen LogP contribution in [-0.4, -0.2) is 11.5 Å². The zero-order chi connectivity index (χ0) is 46.0. The zero-order valence-electron chi connectivity index (χ0n) is 38.4. The fourth-order valence-electron chi connectivity index (χ4n) is 12.4. The number of amidine groups is 1. The number of benzene rings is 10. The highest BCUT2D eigenvalue weighted by Crippen LogP contribution is 2.50. The average Bonchev–Trinajstić information content (AvgIpc) is 4.08. The van der Waals surface area contributed by atoms with Gasteiger partial charge in [0.05, 0.1) is 11.8 Å². The molecule has 0 bridgehead atoms. The minimum Gasteiger partial charge on any atom is -0.456 e. The number of aliphatic imine (C=N–C) groups is 2. The number of hydrogen-bond donors (Lipinski definition) is 0. The maximum atomic E-state index is 6.99. The number of fused-ring (bicyclic) bond motifs is 15. The lowest BCUT2D eigenvalue weighted by molar-refractivity contribution is 0.536. The van der Waals surface area contributed by atoms with Gasteiger partial charge in [-0.05, 0) is 123 Å². The van der Waals surface area contributed by atoms with E-state index < -0.39 is 0 Å². The Bertz CT molecular complexity index is 4390. The van der Waals surface area contributed by atoms with Crippen LogP contribution >= 0.6 is 22.7 Å². The normalized spacial score (nSPS) is 17.2. The van der Waals surface area contributed by atoms with E-state index in [0.717, 1.165) is 52.9 Å². The van der Waals surface area contributed by atoms with Crippen LogP contribution in [0.25, 0.3) is 95.0 Å². The molecule has 1 aliphatic heterocycles. The Hall–Kier alpha value is -7.70. The van der Waals surface area contributed by atoms with E-state index >= 15 is 0 Å². The quantitative estimate of drug-likeness (QED) is 0.169.